The number of nitrogens with zero attached hydrogens (tertiary/aromatic N) is 1. The van der Waals surface area contributed by atoms with E-state index in [1.165, 1.54) is 11.0 Å². The third-order valence-electron chi connectivity index (χ3n) is 2.57. The molecule has 0 saturated carbocycles. The lowest BCUT2D eigenvalue weighted by atomic mass is 10.1. The molecule has 1 atom stereocenters. The van der Waals surface area contributed by atoms with Gasteiger partial charge in [0.25, 0.3) is 0 Å². The van der Waals surface area contributed by atoms with Gasteiger partial charge < -0.3 is 10.6 Å². The molecule has 1 aromatic rings. The molecule has 0 aromatic heterocycles. The van der Waals surface area contributed by atoms with E-state index in [4.69, 9.17) is 5.73 Å². The smallest absolute Gasteiger partial charge is 0.226 e. The molecule has 0 saturated heterocycles. The van der Waals surface area contributed by atoms with Crippen LogP contribution in [0.5, 0.6) is 0 Å². The van der Waals surface area contributed by atoms with Crippen LogP contribution >= 0.6 is 15.9 Å². The van der Waals surface area contributed by atoms with Crippen molar-refractivity contribution in [3.05, 3.63) is 34.1 Å². The topological polar surface area (TPSA) is 46.3 Å². The van der Waals surface area contributed by atoms with E-state index in [0.29, 0.717) is 12.1 Å². The summed E-state index contributed by atoms with van der Waals surface area (Å²) in [4.78, 5) is 13.3. The number of benzene rings is 1. The maximum absolute atomic E-state index is 13.5. The summed E-state index contributed by atoms with van der Waals surface area (Å²) in [5.74, 6) is -0.629. The standard InChI is InChI=1S/C12H16BrFN2O/c1-8(6-15)12(17)16(2)7-9-5-10(13)3-4-11(9)14/h3-5,8H,6-7,15H2,1-2H3. The molecule has 0 aliphatic heterocycles. The molecule has 0 fully saturated rings. The van der Waals surface area contributed by atoms with Crippen LogP contribution in [0.3, 0.4) is 0 Å². The van der Waals surface area contributed by atoms with E-state index in [2.05, 4.69) is 15.9 Å². The molecule has 1 aromatic carbocycles. The van der Waals surface area contributed by atoms with Gasteiger partial charge in [-0.05, 0) is 18.2 Å². The number of nitrogens with two attached hydrogens (primary N) is 1. The zero-order chi connectivity index (χ0) is 13.0. The second-order valence-electron chi connectivity index (χ2n) is 4.07. The van der Waals surface area contributed by atoms with Crippen molar-refractivity contribution in [3.63, 3.8) is 0 Å². The van der Waals surface area contributed by atoms with Crippen LogP contribution in [0, 0.1) is 11.7 Å². The Morgan fingerprint density at radius 3 is 2.82 bits per heavy atom. The number of carbonyl (C=O) groups is 1. The van der Waals surface area contributed by atoms with Gasteiger partial charge in [-0.15, -0.1) is 0 Å². The first-order chi connectivity index (χ1) is 7.95. The molecule has 17 heavy (non-hydrogen) atoms. The number of amides is 1. The highest BCUT2D eigenvalue weighted by molar-refractivity contribution is 9.10. The van der Waals surface area contributed by atoms with Crippen molar-refractivity contribution in [2.24, 2.45) is 11.7 Å². The van der Waals surface area contributed by atoms with Crippen LogP contribution < -0.4 is 5.73 Å². The van der Waals surface area contributed by atoms with Gasteiger partial charge in [-0.25, -0.2) is 4.39 Å². The molecule has 3 nitrogen and oxygen atoms in total. The van der Waals surface area contributed by atoms with E-state index >= 15 is 0 Å². The molecule has 1 unspecified atom stereocenters. The molecule has 2 N–H and O–H groups in total. The Hall–Kier alpha value is -0.940. The van der Waals surface area contributed by atoms with Gasteiger partial charge in [-0.1, -0.05) is 22.9 Å². The molecule has 1 amide bonds. The van der Waals surface area contributed by atoms with Crippen molar-refractivity contribution >= 4 is 21.8 Å². The molecular formula is C12H16BrFN2O. The molecule has 0 bridgehead atoms. The number of hydrogen-bond donors (Lipinski definition) is 1. The maximum Gasteiger partial charge on any atom is 0.226 e. The summed E-state index contributed by atoms with van der Waals surface area (Å²) in [7, 11) is 1.65. The first-order valence-corrected chi connectivity index (χ1v) is 6.14. The van der Waals surface area contributed by atoms with Crippen molar-refractivity contribution in [2.75, 3.05) is 13.6 Å². The number of hydrogen-bond acceptors (Lipinski definition) is 2. The number of halogens is 2. The van der Waals surface area contributed by atoms with Gasteiger partial charge in [-0.3, -0.25) is 4.79 Å². The summed E-state index contributed by atoms with van der Waals surface area (Å²) in [6.07, 6.45) is 0. The van der Waals surface area contributed by atoms with Crippen LogP contribution in [0.1, 0.15) is 12.5 Å². The Balaban J connectivity index is 2.77. The third-order valence-corrected chi connectivity index (χ3v) is 3.06. The van der Waals surface area contributed by atoms with E-state index in [1.807, 2.05) is 0 Å². The van der Waals surface area contributed by atoms with Crippen molar-refractivity contribution in [1.82, 2.24) is 4.90 Å². The summed E-state index contributed by atoms with van der Waals surface area (Å²) in [6.45, 7) is 2.30. The van der Waals surface area contributed by atoms with E-state index < -0.39 is 0 Å². The second kappa shape index (κ2) is 6.12. The van der Waals surface area contributed by atoms with E-state index in [9.17, 15) is 9.18 Å². The lowest BCUT2D eigenvalue weighted by Crippen LogP contribution is -2.34. The van der Waals surface area contributed by atoms with Crippen LogP contribution in [-0.2, 0) is 11.3 Å². The molecule has 94 valence electrons. The van der Waals surface area contributed by atoms with Crippen LogP contribution in [0.2, 0.25) is 0 Å². The normalized spacial score (nSPS) is 12.3. The fourth-order valence-electron chi connectivity index (χ4n) is 1.47. The minimum atomic E-state index is -0.312. The van der Waals surface area contributed by atoms with Gasteiger partial charge in [0.15, 0.2) is 0 Å². The molecule has 0 aliphatic rings. The largest absolute Gasteiger partial charge is 0.341 e. The SMILES string of the molecule is CC(CN)C(=O)N(C)Cc1cc(Br)ccc1F. The van der Waals surface area contributed by atoms with Crippen molar-refractivity contribution < 1.29 is 9.18 Å². The molecule has 1 rings (SSSR count). The van der Waals surface area contributed by atoms with Gasteiger partial charge in [0.2, 0.25) is 5.91 Å². The maximum atomic E-state index is 13.5. The Bertz CT molecular complexity index is 411. The number of rotatable bonds is 4. The van der Waals surface area contributed by atoms with Gasteiger partial charge in [-0.2, -0.15) is 0 Å². The minimum absolute atomic E-state index is 0.0770. The Labute approximate surface area is 109 Å². The Kier molecular flexibility index (Phi) is 5.08. The Morgan fingerprint density at radius 2 is 2.24 bits per heavy atom. The first-order valence-electron chi connectivity index (χ1n) is 5.34. The Morgan fingerprint density at radius 1 is 1.59 bits per heavy atom. The predicted octanol–water partition coefficient (Wildman–Crippen LogP) is 2.14. The van der Waals surface area contributed by atoms with Crippen LogP contribution in [0.15, 0.2) is 22.7 Å². The van der Waals surface area contributed by atoms with Crippen molar-refractivity contribution in [3.8, 4) is 0 Å². The van der Waals surface area contributed by atoms with Gasteiger partial charge in [0, 0.05) is 36.1 Å². The first kappa shape index (κ1) is 14.1. The van der Waals surface area contributed by atoms with Crippen molar-refractivity contribution in [1.29, 1.82) is 0 Å². The molecule has 0 aliphatic carbocycles. The highest BCUT2D eigenvalue weighted by Crippen LogP contribution is 2.17. The van der Waals surface area contributed by atoms with Gasteiger partial charge in [0.1, 0.15) is 5.82 Å². The lowest BCUT2D eigenvalue weighted by Gasteiger charge is -2.21. The summed E-state index contributed by atoms with van der Waals surface area (Å²) < 4.78 is 14.3. The van der Waals surface area contributed by atoms with Crippen LogP contribution in [-0.4, -0.2) is 24.4 Å². The minimum Gasteiger partial charge on any atom is -0.341 e. The molecule has 0 radical (unpaired) electrons. The highest BCUT2D eigenvalue weighted by atomic mass is 79.9. The second-order valence-corrected chi connectivity index (χ2v) is 4.98. The number of carbonyl (C=O) groups excluding carboxylic acids is 1. The zero-order valence-electron chi connectivity index (χ0n) is 9.91. The molecular weight excluding hydrogens is 287 g/mol. The zero-order valence-corrected chi connectivity index (χ0v) is 11.5. The summed E-state index contributed by atoms with van der Waals surface area (Å²) in [5.41, 5.74) is 5.91. The average molecular weight is 303 g/mol. The van der Waals surface area contributed by atoms with Crippen LogP contribution in [0.25, 0.3) is 0 Å². The fraction of sp³-hybridized carbons (Fsp3) is 0.417. The quantitative estimate of drug-likeness (QED) is 0.926. The van der Waals surface area contributed by atoms with E-state index in [1.54, 1.807) is 26.1 Å². The monoisotopic (exact) mass is 302 g/mol. The summed E-state index contributed by atoms with van der Waals surface area (Å²) in [6, 6.07) is 4.68. The average Bonchev–Trinajstić information content (AvgIpc) is 2.31. The molecule has 0 heterocycles. The third kappa shape index (κ3) is 3.78. The molecule has 0 spiro atoms. The highest BCUT2D eigenvalue weighted by Gasteiger charge is 2.17. The van der Waals surface area contributed by atoms with E-state index in [0.717, 1.165) is 4.47 Å². The van der Waals surface area contributed by atoms with Crippen molar-refractivity contribution in [2.45, 2.75) is 13.5 Å². The predicted molar refractivity (Wildman–Crippen MR) is 68.8 cm³/mol. The molecule has 5 heteroatoms. The fourth-order valence-corrected chi connectivity index (χ4v) is 1.88. The van der Waals surface area contributed by atoms with E-state index in [-0.39, 0.29) is 24.2 Å². The lowest BCUT2D eigenvalue weighted by molar-refractivity contribution is -0.133. The van der Waals surface area contributed by atoms with Gasteiger partial charge >= 0.3 is 0 Å². The van der Waals surface area contributed by atoms with Crippen LogP contribution in [0.4, 0.5) is 4.39 Å². The van der Waals surface area contributed by atoms with Gasteiger partial charge in [0.05, 0.1) is 0 Å². The summed E-state index contributed by atoms with van der Waals surface area (Å²) in [5, 5.41) is 0. The summed E-state index contributed by atoms with van der Waals surface area (Å²) >= 11 is 3.28.